The Morgan fingerprint density at radius 3 is 3.00 bits per heavy atom. The van der Waals surface area contributed by atoms with E-state index in [9.17, 15) is 4.79 Å². The number of benzene rings is 1. The largest absolute Gasteiger partial charge is 0.454 e. The number of carbonyl (C=O) groups is 1. The van der Waals surface area contributed by atoms with Crippen LogP contribution in [0.1, 0.15) is 39.8 Å². The Morgan fingerprint density at radius 2 is 2.12 bits per heavy atom. The number of aromatic nitrogens is 1. The van der Waals surface area contributed by atoms with E-state index in [1.54, 1.807) is 11.3 Å². The van der Waals surface area contributed by atoms with Gasteiger partial charge in [-0.2, -0.15) is 0 Å². The van der Waals surface area contributed by atoms with Crippen LogP contribution in [0.15, 0.2) is 23.6 Å². The summed E-state index contributed by atoms with van der Waals surface area (Å²) in [6.45, 7) is 2.74. The third kappa shape index (κ3) is 3.22. The van der Waals surface area contributed by atoms with Crippen LogP contribution in [0.2, 0.25) is 0 Å². The normalized spacial score (nSPS) is 17.0. The van der Waals surface area contributed by atoms with Crippen LogP contribution in [0.25, 0.3) is 0 Å². The first-order chi connectivity index (χ1) is 11.8. The van der Waals surface area contributed by atoms with Gasteiger partial charge >= 0.3 is 0 Å². The summed E-state index contributed by atoms with van der Waals surface area (Å²) in [5, 5.41) is 9.20. The van der Waals surface area contributed by atoms with Gasteiger partial charge < -0.3 is 20.1 Å². The molecule has 2 N–H and O–H groups in total. The minimum Gasteiger partial charge on any atom is -0.454 e. The average molecular weight is 345 g/mol. The molecular weight excluding hydrogens is 326 g/mol. The number of fused-ring (bicyclic) bond motifs is 1. The lowest BCUT2D eigenvalue weighted by Crippen LogP contribution is -2.27. The van der Waals surface area contributed by atoms with Gasteiger partial charge in [-0.1, -0.05) is 6.07 Å². The zero-order valence-corrected chi connectivity index (χ0v) is 14.0. The van der Waals surface area contributed by atoms with Crippen molar-refractivity contribution in [3.63, 3.8) is 0 Å². The summed E-state index contributed by atoms with van der Waals surface area (Å²) in [6.07, 6.45) is 2.18. The highest BCUT2D eigenvalue weighted by Gasteiger charge is 2.20. The molecule has 7 heteroatoms. The summed E-state index contributed by atoms with van der Waals surface area (Å²) >= 11 is 1.59. The molecule has 1 saturated heterocycles. The molecule has 4 rings (SSSR count). The van der Waals surface area contributed by atoms with Gasteiger partial charge in [0, 0.05) is 17.8 Å². The first kappa shape index (κ1) is 15.4. The molecule has 1 fully saturated rings. The third-order valence-corrected chi connectivity index (χ3v) is 5.34. The number of thiazole rings is 1. The number of nitrogens with one attached hydrogen (secondary N) is 2. The van der Waals surface area contributed by atoms with Crippen molar-refractivity contribution >= 4 is 17.2 Å². The molecule has 1 amide bonds. The molecule has 1 aromatic heterocycles. The number of nitrogens with zero attached hydrogens (tertiary/aromatic N) is 1. The Kier molecular flexibility index (Phi) is 4.36. The van der Waals surface area contributed by atoms with Crippen LogP contribution in [0.3, 0.4) is 0 Å². The molecule has 2 aromatic rings. The molecule has 0 unspecified atom stereocenters. The van der Waals surface area contributed by atoms with Crippen LogP contribution >= 0.6 is 11.3 Å². The number of hydrogen-bond acceptors (Lipinski definition) is 6. The SMILES string of the molecule is O=C(NCc1ccc2c(c1)OCO2)c1csc(C2CCNCC2)n1. The van der Waals surface area contributed by atoms with Crippen molar-refractivity contribution in [2.45, 2.75) is 25.3 Å². The lowest BCUT2D eigenvalue weighted by molar-refractivity contribution is 0.0946. The van der Waals surface area contributed by atoms with Crippen molar-refractivity contribution in [2.24, 2.45) is 0 Å². The second kappa shape index (κ2) is 6.78. The molecule has 0 bridgehead atoms. The van der Waals surface area contributed by atoms with Crippen LogP contribution in [-0.2, 0) is 6.54 Å². The highest BCUT2D eigenvalue weighted by molar-refractivity contribution is 7.09. The molecule has 1 aromatic carbocycles. The molecule has 0 radical (unpaired) electrons. The van der Waals surface area contributed by atoms with Gasteiger partial charge in [0.15, 0.2) is 11.5 Å². The van der Waals surface area contributed by atoms with Crippen molar-refractivity contribution in [2.75, 3.05) is 19.9 Å². The Morgan fingerprint density at radius 1 is 1.29 bits per heavy atom. The van der Waals surface area contributed by atoms with Crippen molar-refractivity contribution in [1.29, 1.82) is 0 Å². The first-order valence-electron chi connectivity index (χ1n) is 8.12. The maximum absolute atomic E-state index is 12.3. The molecular formula is C17H19N3O3S. The first-order valence-corrected chi connectivity index (χ1v) is 9.00. The molecule has 3 heterocycles. The van der Waals surface area contributed by atoms with Gasteiger partial charge in [0.05, 0.1) is 5.01 Å². The predicted octanol–water partition coefficient (Wildman–Crippen LogP) is 2.27. The van der Waals surface area contributed by atoms with Crippen LogP contribution in [0, 0.1) is 0 Å². The molecule has 6 nitrogen and oxygen atoms in total. The number of ether oxygens (including phenoxy) is 2. The lowest BCUT2D eigenvalue weighted by atomic mass is 9.99. The molecule has 0 saturated carbocycles. The molecule has 0 aliphatic carbocycles. The minimum atomic E-state index is -0.135. The fourth-order valence-corrected chi connectivity index (χ4v) is 3.94. The van der Waals surface area contributed by atoms with E-state index in [4.69, 9.17) is 9.47 Å². The minimum absolute atomic E-state index is 0.135. The summed E-state index contributed by atoms with van der Waals surface area (Å²) in [5.74, 6) is 1.82. The van der Waals surface area contributed by atoms with Gasteiger partial charge in [-0.25, -0.2) is 4.98 Å². The number of piperidine rings is 1. The van der Waals surface area contributed by atoms with Crippen LogP contribution < -0.4 is 20.1 Å². The lowest BCUT2D eigenvalue weighted by Gasteiger charge is -2.20. The molecule has 24 heavy (non-hydrogen) atoms. The number of carbonyl (C=O) groups excluding carboxylic acids is 1. The smallest absolute Gasteiger partial charge is 0.271 e. The van der Waals surface area contributed by atoms with Crippen LogP contribution in [-0.4, -0.2) is 30.8 Å². The zero-order valence-electron chi connectivity index (χ0n) is 13.2. The second-order valence-electron chi connectivity index (χ2n) is 5.97. The van der Waals surface area contributed by atoms with E-state index in [1.807, 2.05) is 23.6 Å². The number of amides is 1. The molecule has 0 spiro atoms. The maximum atomic E-state index is 12.3. The van der Waals surface area contributed by atoms with Gasteiger partial charge in [0.25, 0.3) is 5.91 Å². The van der Waals surface area contributed by atoms with Crippen molar-refractivity contribution in [1.82, 2.24) is 15.6 Å². The zero-order chi connectivity index (χ0) is 16.4. The Labute approximate surface area is 144 Å². The Bertz CT molecular complexity index is 740. The monoisotopic (exact) mass is 345 g/mol. The van der Waals surface area contributed by atoms with E-state index in [1.165, 1.54) is 0 Å². The van der Waals surface area contributed by atoms with Crippen molar-refractivity contribution in [3.8, 4) is 11.5 Å². The van der Waals surface area contributed by atoms with Crippen LogP contribution in [0.5, 0.6) is 11.5 Å². The van der Waals surface area contributed by atoms with Gasteiger partial charge in [0.2, 0.25) is 6.79 Å². The van der Waals surface area contributed by atoms with Gasteiger partial charge in [0.1, 0.15) is 5.69 Å². The fourth-order valence-electron chi connectivity index (χ4n) is 2.97. The van der Waals surface area contributed by atoms with E-state index in [2.05, 4.69) is 15.6 Å². The molecule has 126 valence electrons. The van der Waals surface area contributed by atoms with Gasteiger partial charge in [-0.05, 0) is 43.6 Å². The number of hydrogen-bond donors (Lipinski definition) is 2. The molecule has 0 atom stereocenters. The second-order valence-corrected chi connectivity index (χ2v) is 6.86. The van der Waals surface area contributed by atoms with E-state index in [0.29, 0.717) is 18.2 Å². The van der Waals surface area contributed by atoms with Crippen molar-refractivity contribution < 1.29 is 14.3 Å². The highest BCUT2D eigenvalue weighted by atomic mass is 32.1. The van der Waals surface area contributed by atoms with E-state index < -0.39 is 0 Å². The Hall–Kier alpha value is -2.12. The topological polar surface area (TPSA) is 72.5 Å². The predicted molar refractivity (Wildman–Crippen MR) is 90.7 cm³/mol. The average Bonchev–Trinajstić information content (AvgIpc) is 3.29. The van der Waals surface area contributed by atoms with E-state index in [0.717, 1.165) is 48.0 Å². The Balaban J connectivity index is 1.37. The summed E-state index contributed by atoms with van der Waals surface area (Å²) < 4.78 is 10.6. The summed E-state index contributed by atoms with van der Waals surface area (Å²) in [7, 11) is 0. The quantitative estimate of drug-likeness (QED) is 0.889. The summed E-state index contributed by atoms with van der Waals surface area (Å²) in [6, 6.07) is 5.68. The van der Waals surface area contributed by atoms with E-state index >= 15 is 0 Å². The fraction of sp³-hybridized carbons (Fsp3) is 0.412. The number of rotatable bonds is 4. The van der Waals surface area contributed by atoms with Gasteiger partial charge in [-0.3, -0.25) is 4.79 Å². The highest BCUT2D eigenvalue weighted by Crippen LogP contribution is 2.32. The standard InChI is InChI=1S/C17H19N3O3S/c21-16(13-9-24-17(20-13)12-3-5-18-6-4-12)19-8-11-1-2-14-15(7-11)23-10-22-14/h1-2,7,9,12,18H,3-6,8,10H2,(H,19,21). The van der Waals surface area contributed by atoms with Crippen LogP contribution in [0.4, 0.5) is 0 Å². The van der Waals surface area contributed by atoms with Crippen molar-refractivity contribution in [3.05, 3.63) is 39.8 Å². The molecule has 2 aliphatic heterocycles. The summed E-state index contributed by atoms with van der Waals surface area (Å²) in [5.41, 5.74) is 1.48. The third-order valence-electron chi connectivity index (χ3n) is 4.33. The molecule has 2 aliphatic rings. The van der Waals surface area contributed by atoms with Gasteiger partial charge in [-0.15, -0.1) is 11.3 Å². The van der Waals surface area contributed by atoms with E-state index in [-0.39, 0.29) is 12.7 Å². The maximum Gasteiger partial charge on any atom is 0.271 e. The summed E-state index contributed by atoms with van der Waals surface area (Å²) in [4.78, 5) is 16.9.